The van der Waals surface area contributed by atoms with Crippen molar-refractivity contribution >= 4 is 17.5 Å². The molecule has 4 N–H and O–H groups in total. The van der Waals surface area contributed by atoms with Crippen LogP contribution in [0, 0.1) is 0 Å². The van der Waals surface area contributed by atoms with Crippen LogP contribution >= 0.6 is 0 Å². The molecule has 0 fully saturated rings. The molecule has 0 aliphatic carbocycles. The molecule has 8 heteroatoms. The minimum atomic E-state index is -0.399. The quantitative estimate of drug-likeness (QED) is 0.708. The number of benzene rings is 2. The molecule has 0 saturated carbocycles. The van der Waals surface area contributed by atoms with Crippen molar-refractivity contribution in [1.82, 2.24) is 5.32 Å². The van der Waals surface area contributed by atoms with Gasteiger partial charge in [-0.25, -0.2) is 0 Å². The Hall–Kier alpha value is -3.26. The lowest BCUT2D eigenvalue weighted by Gasteiger charge is -2.21. The number of para-hydroxylation sites is 1. The standard InChI is InChI=1S/C19H21N3O5/c1-25-15-10-12(11-16-17(15)27-9-8-26-16)18(23)22-14-5-3-2-4-13(14)19(24)21-7-6-20/h2-5,10-11H,6-9,20H2,1H3,(H,21,24)(H,22,23). The molecule has 1 heterocycles. The molecule has 0 atom stereocenters. The Kier molecular flexibility index (Phi) is 5.77. The molecule has 2 amide bonds. The molecule has 0 aromatic heterocycles. The molecule has 0 unspecified atom stereocenters. The lowest BCUT2D eigenvalue weighted by Crippen LogP contribution is -2.30. The summed E-state index contributed by atoms with van der Waals surface area (Å²) in [5.41, 5.74) is 6.49. The number of nitrogens with two attached hydrogens (primary N) is 1. The van der Waals surface area contributed by atoms with Crippen LogP contribution in [0.15, 0.2) is 36.4 Å². The third-order valence-corrected chi connectivity index (χ3v) is 3.94. The summed E-state index contributed by atoms with van der Waals surface area (Å²) in [7, 11) is 1.49. The average Bonchev–Trinajstić information content (AvgIpc) is 2.71. The molecule has 142 valence electrons. The second kappa shape index (κ2) is 8.41. The second-order valence-corrected chi connectivity index (χ2v) is 5.75. The fourth-order valence-electron chi connectivity index (χ4n) is 2.67. The van der Waals surface area contributed by atoms with E-state index in [-0.39, 0.29) is 5.91 Å². The van der Waals surface area contributed by atoms with Crippen LogP contribution in [0.2, 0.25) is 0 Å². The Morgan fingerprint density at radius 2 is 1.93 bits per heavy atom. The van der Waals surface area contributed by atoms with Crippen LogP contribution in [-0.2, 0) is 0 Å². The van der Waals surface area contributed by atoms with E-state index < -0.39 is 5.91 Å². The van der Waals surface area contributed by atoms with Gasteiger partial charge in [0.25, 0.3) is 11.8 Å². The molecule has 0 bridgehead atoms. The van der Waals surface area contributed by atoms with Gasteiger partial charge in [0.1, 0.15) is 13.2 Å². The molecule has 0 saturated heterocycles. The minimum Gasteiger partial charge on any atom is -0.493 e. The van der Waals surface area contributed by atoms with Crippen LogP contribution < -0.4 is 30.6 Å². The number of ether oxygens (including phenoxy) is 3. The van der Waals surface area contributed by atoms with Crippen LogP contribution in [0.25, 0.3) is 0 Å². The van der Waals surface area contributed by atoms with E-state index in [1.165, 1.54) is 7.11 Å². The van der Waals surface area contributed by atoms with Gasteiger partial charge in [-0.15, -0.1) is 0 Å². The Balaban J connectivity index is 1.85. The molecule has 3 rings (SSSR count). The van der Waals surface area contributed by atoms with Crippen molar-refractivity contribution in [3.63, 3.8) is 0 Å². The highest BCUT2D eigenvalue weighted by molar-refractivity contribution is 6.09. The predicted molar refractivity (Wildman–Crippen MR) is 99.8 cm³/mol. The highest BCUT2D eigenvalue weighted by Gasteiger charge is 2.21. The monoisotopic (exact) mass is 371 g/mol. The van der Waals surface area contributed by atoms with Crippen molar-refractivity contribution in [2.75, 3.05) is 38.7 Å². The molecule has 2 aromatic rings. The number of amides is 2. The Morgan fingerprint density at radius 1 is 1.15 bits per heavy atom. The molecule has 2 aromatic carbocycles. The summed E-state index contributed by atoms with van der Waals surface area (Å²) in [6.45, 7) is 1.49. The van der Waals surface area contributed by atoms with Crippen LogP contribution in [0.3, 0.4) is 0 Å². The van der Waals surface area contributed by atoms with Crippen molar-refractivity contribution in [2.45, 2.75) is 0 Å². The maximum absolute atomic E-state index is 12.7. The molecule has 27 heavy (non-hydrogen) atoms. The number of rotatable bonds is 6. The summed E-state index contributed by atoms with van der Waals surface area (Å²) in [6, 6.07) is 9.90. The predicted octanol–water partition coefficient (Wildman–Crippen LogP) is 1.41. The molecule has 0 radical (unpaired) electrons. The minimum absolute atomic E-state index is 0.309. The van der Waals surface area contributed by atoms with Gasteiger partial charge < -0.3 is 30.6 Å². The Bertz CT molecular complexity index is 836. The number of hydrogen-bond acceptors (Lipinski definition) is 6. The van der Waals surface area contributed by atoms with E-state index >= 15 is 0 Å². The average molecular weight is 371 g/mol. The van der Waals surface area contributed by atoms with E-state index in [2.05, 4.69) is 10.6 Å². The zero-order valence-corrected chi connectivity index (χ0v) is 14.9. The van der Waals surface area contributed by atoms with Crippen molar-refractivity contribution in [1.29, 1.82) is 0 Å². The Morgan fingerprint density at radius 3 is 2.70 bits per heavy atom. The molecular formula is C19H21N3O5. The van der Waals surface area contributed by atoms with E-state index in [1.807, 2.05) is 0 Å². The van der Waals surface area contributed by atoms with Gasteiger partial charge in [-0.1, -0.05) is 12.1 Å². The number of fused-ring (bicyclic) bond motifs is 1. The summed E-state index contributed by atoms with van der Waals surface area (Å²) in [4.78, 5) is 25.0. The van der Waals surface area contributed by atoms with Gasteiger partial charge in [0, 0.05) is 18.7 Å². The number of carbonyl (C=O) groups excluding carboxylic acids is 2. The summed E-state index contributed by atoms with van der Waals surface area (Å²) in [5, 5.41) is 5.45. The van der Waals surface area contributed by atoms with E-state index in [4.69, 9.17) is 19.9 Å². The van der Waals surface area contributed by atoms with Crippen molar-refractivity contribution in [2.24, 2.45) is 5.73 Å². The zero-order valence-electron chi connectivity index (χ0n) is 14.9. The maximum Gasteiger partial charge on any atom is 0.255 e. The third kappa shape index (κ3) is 4.12. The van der Waals surface area contributed by atoms with Gasteiger partial charge in [-0.2, -0.15) is 0 Å². The van der Waals surface area contributed by atoms with Crippen molar-refractivity contribution < 1.29 is 23.8 Å². The first-order chi connectivity index (χ1) is 13.1. The fraction of sp³-hybridized carbons (Fsp3) is 0.263. The normalized spacial score (nSPS) is 12.2. The molecule has 1 aliphatic rings. The van der Waals surface area contributed by atoms with Gasteiger partial charge in [0.15, 0.2) is 11.5 Å². The number of anilines is 1. The first-order valence-corrected chi connectivity index (χ1v) is 8.50. The van der Waals surface area contributed by atoms with Crippen LogP contribution in [0.5, 0.6) is 17.2 Å². The van der Waals surface area contributed by atoms with E-state index in [0.717, 1.165) is 0 Å². The van der Waals surface area contributed by atoms with Gasteiger partial charge in [0.05, 0.1) is 18.4 Å². The van der Waals surface area contributed by atoms with Crippen LogP contribution in [0.4, 0.5) is 5.69 Å². The highest BCUT2D eigenvalue weighted by Crippen LogP contribution is 2.40. The summed E-state index contributed by atoms with van der Waals surface area (Å²) in [6.07, 6.45) is 0. The number of nitrogens with one attached hydrogen (secondary N) is 2. The summed E-state index contributed by atoms with van der Waals surface area (Å²) < 4.78 is 16.4. The summed E-state index contributed by atoms with van der Waals surface area (Å²) in [5.74, 6) is 0.619. The Labute approximate surface area is 156 Å². The smallest absolute Gasteiger partial charge is 0.255 e. The highest BCUT2D eigenvalue weighted by atomic mass is 16.6. The van der Waals surface area contributed by atoms with Crippen molar-refractivity contribution in [3.8, 4) is 17.2 Å². The summed E-state index contributed by atoms with van der Waals surface area (Å²) >= 11 is 0. The van der Waals surface area contributed by atoms with Gasteiger partial charge in [-0.3, -0.25) is 9.59 Å². The molecular weight excluding hydrogens is 350 g/mol. The molecule has 8 nitrogen and oxygen atoms in total. The number of carbonyl (C=O) groups is 2. The largest absolute Gasteiger partial charge is 0.493 e. The lowest BCUT2D eigenvalue weighted by molar-refractivity contribution is 0.0955. The van der Waals surface area contributed by atoms with E-state index in [0.29, 0.717) is 60.4 Å². The van der Waals surface area contributed by atoms with Gasteiger partial charge >= 0.3 is 0 Å². The van der Waals surface area contributed by atoms with Gasteiger partial charge in [-0.05, 0) is 24.3 Å². The van der Waals surface area contributed by atoms with E-state index in [1.54, 1.807) is 36.4 Å². The van der Waals surface area contributed by atoms with E-state index in [9.17, 15) is 9.59 Å². The van der Waals surface area contributed by atoms with Crippen LogP contribution in [0.1, 0.15) is 20.7 Å². The third-order valence-electron chi connectivity index (χ3n) is 3.94. The van der Waals surface area contributed by atoms with Gasteiger partial charge in [0.2, 0.25) is 5.75 Å². The second-order valence-electron chi connectivity index (χ2n) is 5.75. The van der Waals surface area contributed by atoms with Crippen LogP contribution in [-0.4, -0.2) is 45.2 Å². The topological polar surface area (TPSA) is 112 Å². The SMILES string of the molecule is COc1cc(C(=O)Nc2ccccc2C(=O)NCCN)cc2c1OCCO2. The first-order valence-electron chi connectivity index (χ1n) is 8.50. The number of hydrogen-bond donors (Lipinski definition) is 3. The lowest BCUT2D eigenvalue weighted by atomic mass is 10.1. The first kappa shape index (κ1) is 18.5. The zero-order chi connectivity index (χ0) is 19.2. The maximum atomic E-state index is 12.7. The fourth-order valence-corrected chi connectivity index (χ4v) is 2.67. The van der Waals surface area contributed by atoms with Crippen molar-refractivity contribution in [3.05, 3.63) is 47.5 Å². The number of methoxy groups -OCH3 is 1. The molecule has 1 aliphatic heterocycles. The molecule has 0 spiro atoms.